The van der Waals surface area contributed by atoms with Gasteiger partial charge in [0.05, 0.1) is 5.52 Å². The van der Waals surface area contributed by atoms with Crippen LogP contribution in [0.1, 0.15) is 50.7 Å². The molecule has 2 aromatic rings. The van der Waals surface area contributed by atoms with Gasteiger partial charge in [-0.05, 0) is 54.6 Å². The Balaban J connectivity index is 2.24. The minimum absolute atomic E-state index is 0.308. The summed E-state index contributed by atoms with van der Waals surface area (Å²) in [5.74, 6) is 0.858. The van der Waals surface area contributed by atoms with Crippen LogP contribution >= 0.6 is 11.6 Å². The number of hydrogen-bond acceptors (Lipinski definition) is 3. The van der Waals surface area contributed by atoms with Crippen LogP contribution in [0.5, 0.6) is 0 Å². The quantitative estimate of drug-likeness (QED) is 0.568. The van der Waals surface area contributed by atoms with Crippen molar-refractivity contribution < 1.29 is 0 Å². The lowest BCUT2D eigenvalue weighted by molar-refractivity contribution is 0.684. The maximum absolute atomic E-state index is 6.05. The predicted octanol–water partition coefficient (Wildman–Crippen LogP) is 5.15. The van der Waals surface area contributed by atoms with Gasteiger partial charge >= 0.3 is 0 Å². The van der Waals surface area contributed by atoms with Crippen LogP contribution in [0.4, 0.5) is 5.82 Å². The van der Waals surface area contributed by atoms with Crippen molar-refractivity contribution >= 4 is 28.3 Å². The van der Waals surface area contributed by atoms with Crippen molar-refractivity contribution in [2.75, 3.05) is 11.9 Å². The predicted molar refractivity (Wildman–Crippen MR) is 91.3 cm³/mol. The number of fused-ring (bicyclic) bond motifs is 1. The molecule has 0 fully saturated rings. The van der Waals surface area contributed by atoms with Crippen molar-refractivity contribution in [3.05, 3.63) is 28.5 Å². The maximum atomic E-state index is 6.05. The Kier molecular flexibility index (Phi) is 5.80. The van der Waals surface area contributed by atoms with Crippen molar-refractivity contribution in [3.63, 3.8) is 0 Å². The van der Waals surface area contributed by atoms with Crippen LogP contribution < -0.4 is 5.32 Å². The van der Waals surface area contributed by atoms with E-state index in [0.717, 1.165) is 36.1 Å². The Morgan fingerprint density at radius 3 is 2.62 bits per heavy atom. The topological polar surface area (TPSA) is 37.8 Å². The van der Waals surface area contributed by atoms with Gasteiger partial charge in [0.1, 0.15) is 5.82 Å². The van der Waals surface area contributed by atoms with Crippen molar-refractivity contribution in [2.24, 2.45) is 0 Å². The maximum Gasteiger partial charge on any atom is 0.224 e. The summed E-state index contributed by atoms with van der Waals surface area (Å²) in [5.41, 5.74) is 3.51. The summed E-state index contributed by atoms with van der Waals surface area (Å²) < 4.78 is 0. The van der Waals surface area contributed by atoms with E-state index in [0.29, 0.717) is 5.28 Å². The number of nitrogens with one attached hydrogen (secondary N) is 1. The Morgan fingerprint density at radius 1 is 1.10 bits per heavy atom. The number of nitrogens with zero attached hydrogens (tertiary/aromatic N) is 2. The van der Waals surface area contributed by atoms with Gasteiger partial charge in [0.2, 0.25) is 5.28 Å². The van der Waals surface area contributed by atoms with Crippen LogP contribution in [0, 0.1) is 6.92 Å². The van der Waals surface area contributed by atoms with Gasteiger partial charge in [0.15, 0.2) is 0 Å². The zero-order chi connectivity index (χ0) is 15.2. The second kappa shape index (κ2) is 7.60. The van der Waals surface area contributed by atoms with E-state index in [1.165, 1.54) is 30.4 Å². The Hall–Kier alpha value is -1.35. The van der Waals surface area contributed by atoms with Crippen molar-refractivity contribution in [1.82, 2.24) is 9.97 Å². The van der Waals surface area contributed by atoms with Crippen LogP contribution in [0.2, 0.25) is 5.28 Å². The van der Waals surface area contributed by atoms with Crippen molar-refractivity contribution in [1.29, 1.82) is 0 Å². The summed E-state index contributed by atoms with van der Waals surface area (Å²) in [7, 11) is 0. The summed E-state index contributed by atoms with van der Waals surface area (Å²) in [5, 5.41) is 4.80. The van der Waals surface area contributed by atoms with Crippen LogP contribution in [0.25, 0.3) is 10.9 Å². The standard InChI is InChI=1S/C17H24ClN3/c1-4-6-7-8-9-19-16-14-11-13(5-2)12(3)10-15(14)20-17(18)21-16/h10-11H,4-9H2,1-3H3,(H,19,20,21). The minimum Gasteiger partial charge on any atom is -0.369 e. The first-order valence-corrected chi connectivity index (χ1v) is 8.24. The number of anilines is 1. The fraction of sp³-hybridized carbons (Fsp3) is 0.529. The molecule has 0 bridgehead atoms. The second-order valence-corrected chi connectivity index (χ2v) is 5.82. The molecular weight excluding hydrogens is 282 g/mol. The third-order valence-corrected chi connectivity index (χ3v) is 4.00. The van der Waals surface area contributed by atoms with Gasteiger partial charge in [-0.25, -0.2) is 9.97 Å². The first-order chi connectivity index (χ1) is 10.2. The first-order valence-electron chi connectivity index (χ1n) is 7.86. The van der Waals surface area contributed by atoms with E-state index in [1.807, 2.05) is 0 Å². The van der Waals surface area contributed by atoms with Gasteiger partial charge in [0.25, 0.3) is 0 Å². The molecule has 1 aromatic carbocycles. The molecule has 0 saturated heterocycles. The number of rotatable bonds is 7. The molecule has 0 amide bonds. The van der Waals surface area contributed by atoms with Crippen LogP contribution in [0.15, 0.2) is 12.1 Å². The highest BCUT2D eigenvalue weighted by Gasteiger charge is 2.09. The van der Waals surface area contributed by atoms with E-state index in [-0.39, 0.29) is 0 Å². The highest BCUT2D eigenvalue weighted by atomic mass is 35.5. The number of benzene rings is 1. The number of hydrogen-bond donors (Lipinski definition) is 1. The summed E-state index contributed by atoms with van der Waals surface area (Å²) >= 11 is 6.05. The SMILES string of the molecule is CCCCCCNc1nc(Cl)nc2cc(C)c(CC)cc12. The third kappa shape index (κ3) is 4.07. The minimum atomic E-state index is 0.308. The molecule has 0 atom stereocenters. The van der Waals surface area contributed by atoms with Gasteiger partial charge in [0, 0.05) is 11.9 Å². The van der Waals surface area contributed by atoms with E-state index >= 15 is 0 Å². The van der Waals surface area contributed by atoms with Crippen LogP contribution in [0.3, 0.4) is 0 Å². The Labute approximate surface area is 132 Å². The van der Waals surface area contributed by atoms with Gasteiger partial charge < -0.3 is 5.32 Å². The average Bonchev–Trinajstić information content (AvgIpc) is 2.46. The number of unbranched alkanes of at least 4 members (excludes halogenated alkanes) is 3. The molecule has 0 spiro atoms. The summed E-state index contributed by atoms with van der Waals surface area (Å²) in [6.07, 6.45) is 5.96. The molecule has 0 aliphatic heterocycles. The molecule has 0 aliphatic rings. The van der Waals surface area contributed by atoms with E-state index in [1.54, 1.807) is 0 Å². The highest BCUT2D eigenvalue weighted by Crippen LogP contribution is 2.26. The molecule has 0 radical (unpaired) electrons. The fourth-order valence-electron chi connectivity index (χ4n) is 2.57. The Morgan fingerprint density at radius 2 is 1.90 bits per heavy atom. The molecule has 4 heteroatoms. The molecule has 0 saturated carbocycles. The van der Waals surface area contributed by atoms with Gasteiger partial charge in [-0.15, -0.1) is 0 Å². The second-order valence-electron chi connectivity index (χ2n) is 5.48. The van der Waals surface area contributed by atoms with Crippen molar-refractivity contribution in [2.45, 2.75) is 52.9 Å². The van der Waals surface area contributed by atoms with E-state index in [4.69, 9.17) is 11.6 Å². The molecule has 1 aromatic heterocycles. The van der Waals surface area contributed by atoms with Crippen molar-refractivity contribution in [3.8, 4) is 0 Å². The first kappa shape index (κ1) is 16.0. The zero-order valence-electron chi connectivity index (χ0n) is 13.2. The lowest BCUT2D eigenvalue weighted by Crippen LogP contribution is -2.05. The molecule has 0 aliphatic carbocycles. The lowest BCUT2D eigenvalue weighted by Gasteiger charge is -2.11. The Bertz CT molecular complexity index is 610. The van der Waals surface area contributed by atoms with Crippen LogP contribution in [-0.4, -0.2) is 16.5 Å². The van der Waals surface area contributed by atoms with Gasteiger partial charge in [-0.1, -0.05) is 33.1 Å². The van der Waals surface area contributed by atoms with E-state index in [9.17, 15) is 0 Å². The molecule has 21 heavy (non-hydrogen) atoms. The number of halogens is 1. The van der Waals surface area contributed by atoms with Crippen LogP contribution in [-0.2, 0) is 6.42 Å². The monoisotopic (exact) mass is 305 g/mol. The third-order valence-electron chi connectivity index (χ3n) is 3.83. The largest absolute Gasteiger partial charge is 0.369 e. The van der Waals surface area contributed by atoms with Gasteiger partial charge in [-0.2, -0.15) is 0 Å². The molecule has 1 N–H and O–H groups in total. The van der Waals surface area contributed by atoms with E-state index in [2.05, 4.69) is 48.2 Å². The summed E-state index contributed by atoms with van der Waals surface area (Å²) in [4.78, 5) is 8.71. The average molecular weight is 306 g/mol. The fourth-order valence-corrected chi connectivity index (χ4v) is 2.75. The van der Waals surface area contributed by atoms with Gasteiger partial charge in [-0.3, -0.25) is 0 Å². The molecular formula is C17H24ClN3. The molecule has 114 valence electrons. The van der Waals surface area contributed by atoms with E-state index < -0.39 is 0 Å². The number of aryl methyl sites for hydroxylation is 2. The molecule has 1 heterocycles. The lowest BCUT2D eigenvalue weighted by atomic mass is 10.0. The molecule has 3 nitrogen and oxygen atoms in total. The molecule has 2 rings (SSSR count). The zero-order valence-corrected chi connectivity index (χ0v) is 13.9. The smallest absolute Gasteiger partial charge is 0.224 e. The number of aromatic nitrogens is 2. The molecule has 0 unspecified atom stereocenters. The summed E-state index contributed by atoms with van der Waals surface area (Å²) in [6.45, 7) is 7.44. The highest BCUT2D eigenvalue weighted by molar-refractivity contribution is 6.28. The normalized spacial score (nSPS) is 11.0. The summed E-state index contributed by atoms with van der Waals surface area (Å²) in [6, 6.07) is 4.29.